The SMILES string of the molecule is CC.COC(C)(C)O.FC(F)C(F)(F)Oc1cccc(C2COc3c(cccc3-c3cccc(OC(F)(F)F)c3)N2)c1. The Balaban J connectivity index is 0.000000686. The quantitative estimate of drug-likeness (QED) is 0.208. The molecule has 3 aromatic rings. The van der Waals surface area contributed by atoms with Crippen molar-refractivity contribution in [2.24, 2.45) is 0 Å². The van der Waals surface area contributed by atoms with Crippen molar-refractivity contribution in [1.82, 2.24) is 0 Å². The van der Waals surface area contributed by atoms with E-state index in [0.29, 0.717) is 28.1 Å². The van der Waals surface area contributed by atoms with Gasteiger partial charge in [-0.15, -0.1) is 13.2 Å². The summed E-state index contributed by atoms with van der Waals surface area (Å²) in [7, 11) is 1.46. The van der Waals surface area contributed by atoms with E-state index in [4.69, 9.17) is 9.84 Å². The highest BCUT2D eigenvalue weighted by Crippen LogP contribution is 2.42. The van der Waals surface area contributed by atoms with Crippen molar-refractivity contribution in [2.45, 2.75) is 58.4 Å². The Morgan fingerprint density at radius 1 is 0.881 bits per heavy atom. The van der Waals surface area contributed by atoms with Crippen LogP contribution in [0.2, 0.25) is 0 Å². The van der Waals surface area contributed by atoms with Gasteiger partial charge in [0.2, 0.25) is 0 Å². The van der Waals surface area contributed by atoms with Crippen LogP contribution in [-0.4, -0.2) is 43.5 Å². The highest BCUT2D eigenvalue weighted by Gasteiger charge is 2.44. The van der Waals surface area contributed by atoms with Crippen LogP contribution in [0.3, 0.4) is 0 Å². The van der Waals surface area contributed by atoms with Crippen molar-refractivity contribution < 1.29 is 54.8 Å². The summed E-state index contributed by atoms with van der Waals surface area (Å²) < 4.78 is 108. The summed E-state index contributed by atoms with van der Waals surface area (Å²) in [6, 6.07) is 15.2. The number of nitrogens with one attached hydrogen (secondary N) is 1. The minimum Gasteiger partial charge on any atom is -0.488 e. The number of hydrogen-bond acceptors (Lipinski definition) is 6. The third kappa shape index (κ3) is 10.3. The van der Waals surface area contributed by atoms with E-state index in [9.17, 15) is 30.7 Å². The van der Waals surface area contributed by atoms with E-state index >= 15 is 0 Å². The van der Waals surface area contributed by atoms with Crippen LogP contribution in [0, 0.1) is 0 Å². The molecule has 6 nitrogen and oxygen atoms in total. The van der Waals surface area contributed by atoms with Gasteiger partial charge in [0, 0.05) is 12.7 Å². The molecule has 0 saturated carbocycles. The van der Waals surface area contributed by atoms with Crippen LogP contribution < -0.4 is 19.5 Å². The summed E-state index contributed by atoms with van der Waals surface area (Å²) >= 11 is 0. The molecule has 232 valence electrons. The molecule has 2 N–H and O–H groups in total. The number of fused-ring (bicyclic) bond motifs is 1. The lowest BCUT2D eigenvalue weighted by molar-refractivity contribution is -0.274. The van der Waals surface area contributed by atoms with Gasteiger partial charge in [0.15, 0.2) is 5.79 Å². The molecule has 1 aliphatic heterocycles. The second kappa shape index (κ2) is 14.5. The van der Waals surface area contributed by atoms with Crippen molar-refractivity contribution >= 4 is 5.69 Å². The van der Waals surface area contributed by atoms with E-state index in [2.05, 4.69) is 19.5 Å². The van der Waals surface area contributed by atoms with Crippen molar-refractivity contribution in [3.05, 3.63) is 72.3 Å². The zero-order chi connectivity index (χ0) is 31.7. The zero-order valence-electron chi connectivity index (χ0n) is 23.4. The standard InChI is InChI=1S/C23H16F7NO3.C4H10O2.C2H6/c24-21(25)22(26,27)33-15-6-2-5-14(11-15)19-12-32-20-17(8-3-9-18(20)31-19)13-4-1-7-16(10-13)34-23(28,29)30;1-4(2,5)6-3;1-2/h1-11,19,21,31H,12H2;5H,1-3H3;1-2H3. The molecule has 0 aromatic heterocycles. The van der Waals surface area contributed by atoms with Crippen LogP contribution in [0.4, 0.5) is 36.4 Å². The van der Waals surface area contributed by atoms with Gasteiger partial charge >= 0.3 is 18.9 Å². The molecule has 42 heavy (non-hydrogen) atoms. The van der Waals surface area contributed by atoms with Gasteiger partial charge < -0.3 is 29.4 Å². The number of hydrogen-bond donors (Lipinski definition) is 2. The third-order valence-electron chi connectivity index (χ3n) is 5.39. The summed E-state index contributed by atoms with van der Waals surface area (Å²) in [5.74, 6) is -1.41. The average molecular weight is 608 g/mol. The van der Waals surface area contributed by atoms with Gasteiger partial charge in [0.1, 0.15) is 23.9 Å². The Hall–Kier alpha value is -3.71. The van der Waals surface area contributed by atoms with Crippen LogP contribution in [0.25, 0.3) is 11.1 Å². The van der Waals surface area contributed by atoms with E-state index in [1.165, 1.54) is 37.4 Å². The Morgan fingerprint density at radius 3 is 2.02 bits per heavy atom. The summed E-state index contributed by atoms with van der Waals surface area (Å²) in [5.41, 5.74) is 1.87. The zero-order valence-corrected chi connectivity index (χ0v) is 23.4. The fraction of sp³-hybridized carbons (Fsp3) is 0.379. The van der Waals surface area contributed by atoms with Gasteiger partial charge in [-0.3, -0.25) is 0 Å². The third-order valence-corrected chi connectivity index (χ3v) is 5.39. The molecule has 0 radical (unpaired) electrons. The number of methoxy groups -OCH3 is 1. The molecule has 3 aromatic carbocycles. The lowest BCUT2D eigenvalue weighted by Crippen LogP contribution is -2.33. The number of anilines is 1. The fourth-order valence-corrected chi connectivity index (χ4v) is 3.47. The van der Waals surface area contributed by atoms with Gasteiger partial charge in [-0.1, -0.05) is 50.2 Å². The number of halogens is 7. The van der Waals surface area contributed by atoms with Crippen LogP contribution in [0.5, 0.6) is 17.2 Å². The predicted octanol–water partition coefficient (Wildman–Crippen LogP) is 8.42. The molecule has 0 spiro atoms. The van der Waals surface area contributed by atoms with E-state index < -0.39 is 36.5 Å². The van der Waals surface area contributed by atoms with Gasteiger partial charge in [-0.05, 0) is 55.3 Å². The second-order valence-corrected chi connectivity index (χ2v) is 8.95. The van der Waals surface area contributed by atoms with E-state index in [1.54, 1.807) is 44.2 Å². The molecule has 0 amide bonds. The van der Waals surface area contributed by atoms with E-state index in [0.717, 1.165) is 6.07 Å². The molecule has 1 heterocycles. The maximum absolute atomic E-state index is 13.2. The Kier molecular flexibility index (Phi) is 11.9. The predicted molar refractivity (Wildman–Crippen MR) is 143 cm³/mol. The molecule has 0 saturated heterocycles. The number of ether oxygens (including phenoxy) is 4. The first kappa shape index (κ1) is 34.5. The first-order chi connectivity index (χ1) is 19.6. The number of para-hydroxylation sites is 1. The highest BCUT2D eigenvalue weighted by molar-refractivity contribution is 5.79. The maximum atomic E-state index is 13.2. The van der Waals surface area contributed by atoms with Crippen LogP contribution in [-0.2, 0) is 4.74 Å². The largest absolute Gasteiger partial charge is 0.573 e. The topological polar surface area (TPSA) is 69.2 Å². The molecule has 13 heteroatoms. The molecule has 1 unspecified atom stereocenters. The minimum absolute atomic E-state index is 0.0252. The fourth-order valence-electron chi connectivity index (χ4n) is 3.47. The summed E-state index contributed by atoms with van der Waals surface area (Å²) in [4.78, 5) is 0. The van der Waals surface area contributed by atoms with E-state index in [-0.39, 0.29) is 12.4 Å². The Labute approximate surface area is 239 Å². The van der Waals surface area contributed by atoms with E-state index in [1.807, 2.05) is 13.8 Å². The van der Waals surface area contributed by atoms with Crippen LogP contribution in [0.15, 0.2) is 66.7 Å². The minimum atomic E-state index is -4.84. The molecule has 0 bridgehead atoms. The van der Waals surface area contributed by atoms with Crippen molar-refractivity contribution in [3.63, 3.8) is 0 Å². The van der Waals surface area contributed by atoms with Crippen molar-refractivity contribution in [3.8, 4) is 28.4 Å². The van der Waals surface area contributed by atoms with Gasteiger partial charge in [-0.25, -0.2) is 0 Å². The molecule has 0 fully saturated rings. The normalized spacial score (nSPS) is 14.7. The molecule has 0 aliphatic carbocycles. The molecule has 1 atom stereocenters. The molecular weight excluding hydrogens is 575 g/mol. The first-order valence-corrected chi connectivity index (χ1v) is 12.7. The molecular formula is C29H32F7NO5. The number of rotatable bonds is 7. The van der Waals surface area contributed by atoms with Crippen molar-refractivity contribution in [2.75, 3.05) is 19.0 Å². The second-order valence-electron chi connectivity index (χ2n) is 8.95. The van der Waals surface area contributed by atoms with Gasteiger partial charge in [0.05, 0.1) is 11.7 Å². The smallest absolute Gasteiger partial charge is 0.488 e. The van der Waals surface area contributed by atoms with Crippen molar-refractivity contribution in [1.29, 1.82) is 0 Å². The Morgan fingerprint density at radius 2 is 1.45 bits per heavy atom. The average Bonchev–Trinajstić information content (AvgIpc) is 2.92. The molecule has 4 rings (SSSR count). The maximum Gasteiger partial charge on any atom is 0.573 e. The summed E-state index contributed by atoms with van der Waals surface area (Å²) in [5, 5.41) is 11.8. The molecule has 1 aliphatic rings. The van der Waals surface area contributed by atoms with Crippen LogP contribution in [0.1, 0.15) is 39.3 Å². The number of aliphatic hydroxyl groups is 1. The Bertz CT molecular complexity index is 1280. The van der Waals surface area contributed by atoms with Crippen LogP contribution >= 0.6 is 0 Å². The number of benzene rings is 3. The van der Waals surface area contributed by atoms with Gasteiger partial charge in [-0.2, -0.15) is 17.6 Å². The summed E-state index contributed by atoms with van der Waals surface area (Å²) in [6.45, 7) is 7.18. The summed E-state index contributed by atoms with van der Waals surface area (Å²) in [6.07, 6.45) is -13.5. The highest BCUT2D eigenvalue weighted by atomic mass is 19.4. The van der Waals surface area contributed by atoms with Gasteiger partial charge in [0.25, 0.3) is 0 Å². The number of alkyl halides is 7. The monoisotopic (exact) mass is 607 g/mol. The lowest BCUT2D eigenvalue weighted by atomic mass is 10.0. The lowest BCUT2D eigenvalue weighted by Gasteiger charge is -2.29. The first-order valence-electron chi connectivity index (χ1n) is 12.7.